The van der Waals surface area contributed by atoms with Crippen molar-refractivity contribution in [3.05, 3.63) is 82.1 Å². The first-order valence-corrected chi connectivity index (χ1v) is 9.90. The Balaban J connectivity index is 1.61. The lowest BCUT2D eigenvalue weighted by atomic mass is 10.1. The second-order valence-electron chi connectivity index (χ2n) is 7.70. The molecule has 1 aliphatic rings. The number of fused-ring (bicyclic) bond motifs is 1. The van der Waals surface area contributed by atoms with Crippen molar-refractivity contribution in [1.82, 2.24) is 14.8 Å². The molecule has 2 heterocycles. The molecule has 1 aliphatic heterocycles. The number of hydrazine groups is 1. The summed E-state index contributed by atoms with van der Waals surface area (Å²) >= 11 is 0. The highest BCUT2D eigenvalue weighted by molar-refractivity contribution is 5.93. The maximum atomic E-state index is 13.8. The minimum Gasteiger partial charge on any atom is -0.737 e. The fourth-order valence-corrected chi connectivity index (χ4v) is 3.83. The Hall–Kier alpha value is -3.65. The molecule has 31 heavy (non-hydrogen) atoms. The van der Waals surface area contributed by atoms with Gasteiger partial charge in [-0.1, -0.05) is 29.8 Å². The molecule has 1 aromatic heterocycles. The highest BCUT2D eigenvalue weighted by Gasteiger charge is 2.26. The number of benzene rings is 2. The van der Waals surface area contributed by atoms with Crippen LogP contribution in [0.2, 0.25) is 0 Å². The van der Waals surface area contributed by atoms with Gasteiger partial charge in [0.1, 0.15) is 12.4 Å². The summed E-state index contributed by atoms with van der Waals surface area (Å²) in [5.41, 5.74) is 5.54. The fourth-order valence-electron chi connectivity index (χ4n) is 3.83. The van der Waals surface area contributed by atoms with Crippen LogP contribution in [-0.2, 0) is 4.79 Å². The third kappa shape index (κ3) is 3.77. The van der Waals surface area contributed by atoms with E-state index in [0.717, 1.165) is 33.6 Å². The lowest BCUT2D eigenvalue weighted by molar-refractivity contribution is -0.116. The van der Waals surface area contributed by atoms with E-state index in [1.54, 1.807) is 16.9 Å². The number of hydrogen-bond donors (Lipinski definition) is 1. The zero-order valence-corrected chi connectivity index (χ0v) is 17.8. The van der Waals surface area contributed by atoms with Gasteiger partial charge in [-0.15, -0.1) is 5.10 Å². The number of aryl methyl sites for hydroxylation is 2. The Morgan fingerprint density at radius 3 is 2.58 bits per heavy atom. The van der Waals surface area contributed by atoms with Crippen molar-refractivity contribution in [2.24, 2.45) is 0 Å². The zero-order chi connectivity index (χ0) is 22.3. The predicted molar refractivity (Wildman–Crippen MR) is 119 cm³/mol. The van der Waals surface area contributed by atoms with Gasteiger partial charge in [0.15, 0.2) is 5.82 Å². The summed E-state index contributed by atoms with van der Waals surface area (Å²) in [7, 11) is 0. The molecule has 1 amide bonds. The summed E-state index contributed by atoms with van der Waals surface area (Å²) in [5, 5.41) is 21.9. The number of allylic oxidation sites excluding steroid dienone is 1. The van der Waals surface area contributed by atoms with Gasteiger partial charge in [-0.05, 0) is 57.0 Å². The predicted octanol–water partition coefficient (Wildman–Crippen LogP) is 4.47. The van der Waals surface area contributed by atoms with Crippen molar-refractivity contribution in [3.63, 3.8) is 0 Å². The van der Waals surface area contributed by atoms with Gasteiger partial charge in [0.25, 0.3) is 0 Å². The largest absolute Gasteiger partial charge is 0.737 e. The standard InChI is InChI=1S/C23H23FN5O2/c1-14-9-10-20(15(2)11-14)28-17(4)22-16(3)12-27(29(31)23(22)26-28)13-21(30)25-19-8-6-5-7-18(19)24/h5-12H,13H2,1-4H3,(H,25,30)/q-1. The smallest absolute Gasteiger partial charge is 0.246 e. The monoisotopic (exact) mass is 420 g/mol. The minimum absolute atomic E-state index is 0.0679. The Bertz CT molecular complexity index is 1200. The van der Waals surface area contributed by atoms with Crippen LogP contribution in [0.25, 0.3) is 11.3 Å². The van der Waals surface area contributed by atoms with Gasteiger partial charge < -0.3 is 15.7 Å². The first-order chi connectivity index (χ1) is 14.8. The summed E-state index contributed by atoms with van der Waals surface area (Å²) in [5.74, 6) is -0.828. The second-order valence-corrected chi connectivity index (χ2v) is 7.70. The quantitative estimate of drug-likeness (QED) is 0.674. The Morgan fingerprint density at radius 2 is 1.87 bits per heavy atom. The summed E-state index contributed by atoms with van der Waals surface area (Å²) in [4.78, 5) is 12.4. The highest BCUT2D eigenvalue weighted by atomic mass is 19.1. The summed E-state index contributed by atoms with van der Waals surface area (Å²) < 4.78 is 15.6. The van der Waals surface area contributed by atoms with Gasteiger partial charge in [-0.3, -0.25) is 9.80 Å². The molecule has 1 N–H and O–H groups in total. The normalized spacial score (nSPS) is 13.2. The van der Waals surface area contributed by atoms with Crippen LogP contribution in [0.15, 0.2) is 48.7 Å². The Kier molecular flexibility index (Phi) is 5.24. The number of nitrogens with one attached hydrogen (secondary N) is 1. The molecule has 0 aliphatic carbocycles. The average molecular weight is 420 g/mol. The van der Waals surface area contributed by atoms with Crippen LogP contribution in [0.1, 0.15) is 29.3 Å². The van der Waals surface area contributed by atoms with Gasteiger partial charge >= 0.3 is 0 Å². The van der Waals surface area contributed by atoms with Gasteiger partial charge in [-0.2, -0.15) is 0 Å². The molecule has 0 bridgehead atoms. The van der Waals surface area contributed by atoms with Crippen molar-refractivity contribution < 1.29 is 9.18 Å². The van der Waals surface area contributed by atoms with Crippen molar-refractivity contribution in [2.45, 2.75) is 27.7 Å². The van der Waals surface area contributed by atoms with Crippen LogP contribution in [-0.4, -0.2) is 27.2 Å². The molecule has 0 unspecified atom stereocenters. The molecule has 2 aromatic carbocycles. The van der Waals surface area contributed by atoms with Crippen molar-refractivity contribution in [1.29, 1.82) is 0 Å². The molecular weight excluding hydrogens is 397 g/mol. The Morgan fingerprint density at radius 1 is 1.13 bits per heavy atom. The SMILES string of the molecule is CC1=CN(CC(=O)Nc2ccccc2F)N([O-])c2nn(-c3ccc(C)cc3C)c(C)c21. The number of hydrogen-bond acceptors (Lipinski definition) is 5. The van der Waals surface area contributed by atoms with Gasteiger partial charge in [0.2, 0.25) is 5.91 Å². The van der Waals surface area contributed by atoms with Gasteiger partial charge in [0.05, 0.1) is 17.1 Å². The van der Waals surface area contributed by atoms with Crippen molar-refractivity contribution >= 4 is 23.0 Å². The first-order valence-electron chi connectivity index (χ1n) is 9.90. The third-order valence-corrected chi connectivity index (χ3v) is 5.28. The Labute approximate surface area is 179 Å². The third-order valence-electron chi connectivity index (χ3n) is 5.28. The molecule has 0 spiro atoms. The molecule has 160 valence electrons. The van der Waals surface area contributed by atoms with Crippen molar-refractivity contribution in [3.8, 4) is 5.69 Å². The molecule has 0 fully saturated rings. The lowest BCUT2D eigenvalue weighted by Crippen LogP contribution is -2.42. The van der Waals surface area contributed by atoms with E-state index in [1.165, 1.54) is 23.2 Å². The van der Waals surface area contributed by atoms with Crippen LogP contribution in [0.3, 0.4) is 0 Å². The number of aromatic nitrogens is 2. The number of carbonyl (C=O) groups is 1. The van der Waals surface area contributed by atoms with E-state index in [1.807, 2.05) is 39.8 Å². The maximum absolute atomic E-state index is 13.8. The lowest BCUT2D eigenvalue weighted by Gasteiger charge is -2.42. The molecule has 3 aromatic rings. The number of rotatable bonds is 4. The van der Waals surface area contributed by atoms with E-state index in [4.69, 9.17) is 0 Å². The van der Waals surface area contributed by atoms with Gasteiger partial charge in [-0.25, -0.2) is 9.07 Å². The van der Waals surface area contributed by atoms with E-state index in [2.05, 4.69) is 16.5 Å². The maximum Gasteiger partial charge on any atom is 0.246 e. The van der Waals surface area contributed by atoms with Gasteiger partial charge in [0, 0.05) is 11.8 Å². The summed E-state index contributed by atoms with van der Waals surface area (Å²) in [6.07, 6.45) is 1.61. The fraction of sp³-hybridized carbons (Fsp3) is 0.217. The molecule has 0 atom stereocenters. The first kappa shape index (κ1) is 20.6. The minimum atomic E-state index is -0.537. The zero-order valence-electron chi connectivity index (χ0n) is 17.8. The van der Waals surface area contributed by atoms with E-state index in [0.29, 0.717) is 5.17 Å². The van der Waals surface area contributed by atoms with Crippen LogP contribution in [0.5, 0.6) is 0 Å². The summed E-state index contributed by atoms with van der Waals surface area (Å²) in [6.45, 7) is 7.53. The van der Waals surface area contributed by atoms with E-state index in [-0.39, 0.29) is 18.1 Å². The number of carbonyl (C=O) groups excluding carboxylic acids is 1. The van der Waals surface area contributed by atoms with E-state index >= 15 is 0 Å². The second kappa shape index (κ2) is 7.88. The number of amides is 1. The number of anilines is 2. The van der Waals surface area contributed by atoms with Crippen LogP contribution < -0.4 is 10.5 Å². The molecule has 4 rings (SSSR count). The molecule has 0 radical (unpaired) electrons. The summed E-state index contributed by atoms with van der Waals surface area (Å²) in [6, 6.07) is 11.9. The topological polar surface area (TPSA) is 76.5 Å². The van der Waals surface area contributed by atoms with E-state index < -0.39 is 11.7 Å². The molecular formula is C23H23FN5O2-. The number of halogens is 1. The number of nitrogens with zero attached hydrogens (tertiary/aromatic N) is 4. The molecule has 8 heteroatoms. The van der Waals surface area contributed by atoms with Crippen LogP contribution in [0, 0.1) is 31.8 Å². The highest BCUT2D eigenvalue weighted by Crippen LogP contribution is 2.36. The molecule has 0 saturated heterocycles. The molecule has 0 saturated carbocycles. The van der Waals surface area contributed by atoms with Crippen LogP contribution >= 0.6 is 0 Å². The van der Waals surface area contributed by atoms with E-state index in [9.17, 15) is 14.4 Å². The average Bonchev–Trinajstić information content (AvgIpc) is 3.05. The van der Waals surface area contributed by atoms with Crippen LogP contribution in [0.4, 0.5) is 15.9 Å². The number of para-hydroxylation sites is 1. The molecule has 7 nitrogen and oxygen atoms in total. The van der Waals surface area contributed by atoms with Crippen molar-refractivity contribution in [2.75, 3.05) is 17.0 Å².